The van der Waals surface area contributed by atoms with Crippen molar-refractivity contribution in [1.82, 2.24) is 5.32 Å². The summed E-state index contributed by atoms with van der Waals surface area (Å²) in [6.45, 7) is 3.33. The molecule has 0 aliphatic heterocycles. The maximum Gasteiger partial charge on any atom is 0.0954 e. The van der Waals surface area contributed by atoms with Crippen LogP contribution in [0.1, 0.15) is 18.6 Å². The second-order valence-corrected chi connectivity index (χ2v) is 4.44. The molecule has 3 nitrogen and oxygen atoms in total. The largest absolute Gasteiger partial charge is 0.382 e. The van der Waals surface area contributed by atoms with E-state index >= 15 is 0 Å². The van der Waals surface area contributed by atoms with Gasteiger partial charge >= 0.3 is 0 Å². The third-order valence-corrected chi connectivity index (χ3v) is 2.64. The van der Waals surface area contributed by atoms with Crippen LogP contribution in [0, 0.1) is 0 Å². The zero-order valence-electron chi connectivity index (χ0n) is 10.6. The molecule has 0 aromatic heterocycles. The molecule has 1 aromatic rings. The molecule has 0 saturated carbocycles. The van der Waals surface area contributed by atoms with Gasteiger partial charge in [0, 0.05) is 18.7 Å². The van der Waals surface area contributed by atoms with Crippen LogP contribution in [0.5, 0.6) is 0 Å². The Balaban J connectivity index is 2.71. The highest BCUT2D eigenvalue weighted by atomic mass is 35.5. The second kappa shape index (κ2) is 7.67. The van der Waals surface area contributed by atoms with Crippen molar-refractivity contribution in [2.24, 2.45) is 0 Å². The predicted octanol–water partition coefficient (Wildman–Crippen LogP) is 2.65. The maximum atomic E-state index is 5.99. The van der Waals surface area contributed by atoms with E-state index in [0.717, 1.165) is 17.1 Å². The van der Waals surface area contributed by atoms with Crippen molar-refractivity contribution in [3.63, 3.8) is 0 Å². The second-order valence-electron chi connectivity index (χ2n) is 4.00. The first kappa shape index (κ1) is 14.5. The first-order valence-electron chi connectivity index (χ1n) is 5.71. The smallest absolute Gasteiger partial charge is 0.0954 e. The quantitative estimate of drug-likeness (QED) is 0.815. The van der Waals surface area contributed by atoms with E-state index in [1.165, 1.54) is 0 Å². The minimum absolute atomic E-state index is 0.0103. The monoisotopic (exact) mass is 257 g/mol. The van der Waals surface area contributed by atoms with Crippen LogP contribution >= 0.6 is 11.6 Å². The third-order valence-electron chi connectivity index (χ3n) is 2.41. The Morgan fingerprint density at radius 1 is 1.41 bits per heavy atom. The number of benzene rings is 1. The molecule has 0 aliphatic carbocycles. The lowest BCUT2D eigenvalue weighted by Gasteiger charge is -2.22. The van der Waals surface area contributed by atoms with Crippen molar-refractivity contribution in [2.75, 3.05) is 27.3 Å². The fourth-order valence-electron chi connectivity index (χ4n) is 1.69. The Morgan fingerprint density at radius 3 is 2.76 bits per heavy atom. The number of likely N-dealkylation sites (N-methyl/N-ethyl adjacent to an activating group) is 1. The van der Waals surface area contributed by atoms with Gasteiger partial charge in [-0.15, -0.1) is 0 Å². The summed E-state index contributed by atoms with van der Waals surface area (Å²) < 4.78 is 11.0. The summed E-state index contributed by atoms with van der Waals surface area (Å²) in [5.74, 6) is 0. The van der Waals surface area contributed by atoms with Crippen molar-refractivity contribution in [2.45, 2.75) is 19.1 Å². The van der Waals surface area contributed by atoms with Crippen molar-refractivity contribution in [3.05, 3.63) is 34.9 Å². The van der Waals surface area contributed by atoms with Gasteiger partial charge in [0.2, 0.25) is 0 Å². The van der Waals surface area contributed by atoms with Crippen molar-refractivity contribution >= 4 is 11.6 Å². The first-order chi connectivity index (χ1) is 8.17. The topological polar surface area (TPSA) is 30.5 Å². The van der Waals surface area contributed by atoms with Crippen molar-refractivity contribution < 1.29 is 9.47 Å². The van der Waals surface area contributed by atoms with Gasteiger partial charge in [-0.05, 0) is 31.7 Å². The van der Waals surface area contributed by atoms with Crippen LogP contribution in [-0.2, 0) is 9.47 Å². The van der Waals surface area contributed by atoms with Crippen molar-refractivity contribution in [1.29, 1.82) is 0 Å². The molecule has 1 aromatic carbocycles. The fourth-order valence-corrected chi connectivity index (χ4v) is 1.89. The van der Waals surface area contributed by atoms with E-state index in [-0.39, 0.29) is 12.2 Å². The molecule has 0 saturated heterocycles. The van der Waals surface area contributed by atoms with Crippen LogP contribution in [0.4, 0.5) is 0 Å². The number of methoxy groups -OCH3 is 1. The molecule has 0 bridgehead atoms. The Hall–Kier alpha value is -0.610. The molecule has 0 radical (unpaired) electrons. The zero-order chi connectivity index (χ0) is 12.7. The van der Waals surface area contributed by atoms with E-state index < -0.39 is 0 Å². The lowest BCUT2D eigenvalue weighted by Crippen LogP contribution is -2.25. The highest BCUT2D eigenvalue weighted by molar-refractivity contribution is 6.30. The molecule has 4 heteroatoms. The van der Waals surface area contributed by atoms with Gasteiger partial charge in [0.25, 0.3) is 0 Å². The Bertz CT molecular complexity index is 333. The molecule has 0 fully saturated rings. The molecule has 0 spiro atoms. The van der Waals surface area contributed by atoms with E-state index in [4.69, 9.17) is 21.1 Å². The number of rotatable bonds is 7. The summed E-state index contributed by atoms with van der Waals surface area (Å²) >= 11 is 5.99. The standard InChI is InChI=1S/C13H20ClNO2/c1-10(9-16-3)17-13(8-15-2)11-5-4-6-12(14)7-11/h4-7,10,13,15H,8-9H2,1-3H3. The average Bonchev–Trinajstić information content (AvgIpc) is 2.29. The average molecular weight is 258 g/mol. The maximum absolute atomic E-state index is 5.99. The lowest BCUT2D eigenvalue weighted by atomic mass is 10.1. The summed E-state index contributed by atoms with van der Waals surface area (Å²) in [5.41, 5.74) is 1.08. The molecule has 0 aliphatic rings. The lowest BCUT2D eigenvalue weighted by molar-refractivity contribution is -0.0387. The number of nitrogens with one attached hydrogen (secondary N) is 1. The molecular formula is C13H20ClNO2. The number of halogens is 1. The van der Waals surface area contributed by atoms with Crippen LogP contribution in [0.3, 0.4) is 0 Å². The molecule has 2 atom stereocenters. The van der Waals surface area contributed by atoms with E-state index in [0.29, 0.717) is 6.61 Å². The minimum atomic E-state index is -0.0103. The molecule has 1 rings (SSSR count). The van der Waals surface area contributed by atoms with Crippen molar-refractivity contribution in [3.8, 4) is 0 Å². The van der Waals surface area contributed by atoms with Gasteiger partial charge in [-0.25, -0.2) is 0 Å². The molecular weight excluding hydrogens is 238 g/mol. The van der Waals surface area contributed by atoms with Crippen LogP contribution < -0.4 is 5.32 Å². The summed E-state index contributed by atoms with van der Waals surface area (Å²) in [6.07, 6.45) is 0.0428. The zero-order valence-corrected chi connectivity index (χ0v) is 11.3. The Labute approximate surface area is 108 Å². The van der Waals surface area contributed by atoms with Crippen LogP contribution in [-0.4, -0.2) is 33.4 Å². The van der Waals surface area contributed by atoms with Gasteiger partial charge in [-0.1, -0.05) is 23.7 Å². The van der Waals surface area contributed by atoms with Gasteiger partial charge < -0.3 is 14.8 Å². The third kappa shape index (κ3) is 5.04. The predicted molar refractivity (Wildman–Crippen MR) is 70.5 cm³/mol. The van der Waals surface area contributed by atoms with Crippen LogP contribution in [0.15, 0.2) is 24.3 Å². The van der Waals surface area contributed by atoms with Gasteiger partial charge in [0.1, 0.15) is 0 Å². The molecule has 17 heavy (non-hydrogen) atoms. The molecule has 0 amide bonds. The highest BCUT2D eigenvalue weighted by Gasteiger charge is 2.15. The number of ether oxygens (including phenoxy) is 2. The van der Waals surface area contributed by atoms with E-state index in [1.807, 2.05) is 38.2 Å². The molecule has 0 heterocycles. The summed E-state index contributed by atoms with van der Waals surface area (Å²) in [4.78, 5) is 0. The Kier molecular flexibility index (Phi) is 6.52. The van der Waals surface area contributed by atoms with Gasteiger partial charge in [-0.2, -0.15) is 0 Å². The summed E-state index contributed by atoms with van der Waals surface area (Å²) in [6, 6.07) is 7.75. The first-order valence-corrected chi connectivity index (χ1v) is 6.09. The molecule has 96 valence electrons. The number of hydrogen-bond acceptors (Lipinski definition) is 3. The Morgan fingerprint density at radius 2 is 2.18 bits per heavy atom. The molecule has 1 N–H and O–H groups in total. The minimum Gasteiger partial charge on any atom is -0.382 e. The highest BCUT2D eigenvalue weighted by Crippen LogP contribution is 2.21. The summed E-state index contributed by atoms with van der Waals surface area (Å²) in [5, 5.41) is 3.85. The van der Waals surface area contributed by atoms with Gasteiger partial charge in [-0.3, -0.25) is 0 Å². The fraction of sp³-hybridized carbons (Fsp3) is 0.538. The number of hydrogen-bond donors (Lipinski definition) is 1. The molecule has 2 unspecified atom stereocenters. The van der Waals surface area contributed by atoms with Gasteiger partial charge in [0.05, 0.1) is 18.8 Å². The van der Waals surface area contributed by atoms with E-state index in [1.54, 1.807) is 7.11 Å². The summed E-state index contributed by atoms with van der Waals surface area (Å²) in [7, 11) is 3.58. The van der Waals surface area contributed by atoms with E-state index in [2.05, 4.69) is 5.32 Å². The normalized spacial score (nSPS) is 14.6. The van der Waals surface area contributed by atoms with Gasteiger partial charge in [0.15, 0.2) is 0 Å². The van der Waals surface area contributed by atoms with E-state index in [9.17, 15) is 0 Å². The van der Waals surface area contributed by atoms with Crippen LogP contribution in [0.2, 0.25) is 5.02 Å². The SMILES string of the molecule is CNCC(OC(C)COC)c1cccc(Cl)c1. The van der Waals surface area contributed by atoms with Crippen LogP contribution in [0.25, 0.3) is 0 Å².